The number of benzene rings is 1. The van der Waals surface area contributed by atoms with Crippen molar-refractivity contribution in [1.29, 1.82) is 0 Å². The summed E-state index contributed by atoms with van der Waals surface area (Å²) in [4.78, 5) is 12.8. The van der Waals surface area contributed by atoms with Gasteiger partial charge in [0.1, 0.15) is 0 Å². The molecule has 0 unspecified atom stereocenters. The number of rotatable bonds is 3. The van der Waals surface area contributed by atoms with Gasteiger partial charge in [0, 0.05) is 13.6 Å². The van der Waals surface area contributed by atoms with Gasteiger partial charge in [-0.2, -0.15) is 0 Å². The molecular weight excluding hydrogens is 178 g/mol. The fraction of sp³-hybridized carbons (Fsp3) is 0.300. The number of amides is 2. The second-order valence-electron chi connectivity index (χ2n) is 3.02. The zero-order chi connectivity index (χ0) is 10.6. The molecule has 14 heavy (non-hydrogen) atoms. The van der Waals surface area contributed by atoms with E-state index in [9.17, 15) is 4.79 Å². The van der Waals surface area contributed by atoms with Crippen LogP contribution in [0.15, 0.2) is 24.3 Å². The topological polar surface area (TPSA) is 58.4 Å². The first-order chi connectivity index (χ1) is 6.65. The molecule has 0 aliphatic rings. The fourth-order valence-corrected chi connectivity index (χ4v) is 1.22. The molecule has 2 amide bonds. The Morgan fingerprint density at radius 1 is 1.50 bits per heavy atom. The number of hydrogen-bond donors (Lipinski definition) is 2. The molecule has 0 aliphatic carbocycles. The van der Waals surface area contributed by atoms with Crippen LogP contribution in [0.2, 0.25) is 0 Å². The molecule has 0 spiro atoms. The van der Waals surface area contributed by atoms with Crippen molar-refractivity contribution in [3.63, 3.8) is 0 Å². The van der Waals surface area contributed by atoms with Crippen LogP contribution < -0.4 is 16.0 Å². The molecule has 4 nitrogen and oxygen atoms in total. The Morgan fingerprint density at radius 2 is 2.14 bits per heavy atom. The molecule has 0 fully saturated rings. The summed E-state index contributed by atoms with van der Waals surface area (Å²) in [5, 5.41) is 2.59. The molecule has 0 aromatic heterocycles. The van der Waals surface area contributed by atoms with Crippen molar-refractivity contribution in [3.05, 3.63) is 24.3 Å². The van der Waals surface area contributed by atoms with Crippen LogP contribution in [0.5, 0.6) is 0 Å². The standard InChI is InChI=1S/C10H15N3O/c1-3-13(2)9-7-5-4-6-8(9)12-10(11)14/h4-7H,3H2,1-2H3,(H3,11,12,14). The predicted molar refractivity (Wildman–Crippen MR) is 58.6 cm³/mol. The Bertz CT molecular complexity index is 325. The minimum atomic E-state index is -0.540. The molecule has 4 heteroatoms. The molecule has 3 N–H and O–H groups in total. The third kappa shape index (κ3) is 2.39. The Kier molecular flexibility index (Phi) is 3.34. The number of hydrogen-bond acceptors (Lipinski definition) is 2. The van der Waals surface area contributed by atoms with Gasteiger partial charge in [-0.1, -0.05) is 12.1 Å². The second kappa shape index (κ2) is 4.50. The first-order valence-electron chi connectivity index (χ1n) is 4.51. The summed E-state index contributed by atoms with van der Waals surface area (Å²) in [6, 6.07) is 7.01. The van der Waals surface area contributed by atoms with Crippen molar-refractivity contribution in [3.8, 4) is 0 Å². The zero-order valence-electron chi connectivity index (χ0n) is 8.45. The van der Waals surface area contributed by atoms with Crippen LogP contribution in [0.1, 0.15) is 6.92 Å². The summed E-state index contributed by atoms with van der Waals surface area (Å²) >= 11 is 0. The number of nitrogens with two attached hydrogens (primary N) is 1. The second-order valence-corrected chi connectivity index (χ2v) is 3.02. The molecule has 76 valence electrons. The Morgan fingerprint density at radius 3 is 2.71 bits per heavy atom. The van der Waals surface area contributed by atoms with E-state index in [2.05, 4.69) is 5.32 Å². The average Bonchev–Trinajstić information content (AvgIpc) is 2.16. The monoisotopic (exact) mass is 193 g/mol. The lowest BCUT2D eigenvalue weighted by Gasteiger charge is -2.20. The highest BCUT2D eigenvalue weighted by Gasteiger charge is 2.05. The van der Waals surface area contributed by atoms with Gasteiger partial charge in [0.25, 0.3) is 0 Å². The zero-order valence-corrected chi connectivity index (χ0v) is 8.45. The Balaban J connectivity index is 2.96. The van der Waals surface area contributed by atoms with Gasteiger partial charge in [-0.25, -0.2) is 4.79 Å². The molecule has 0 saturated heterocycles. The summed E-state index contributed by atoms with van der Waals surface area (Å²) in [7, 11) is 1.96. The van der Waals surface area contributed by atoms with Gasteiger partial charge in [-0.05, 0) is 19.1 Å². The average molecular weight is 193 g/mol. The van der Waals surface area contributed by atoms with E-state index in [1.807, 2.05) is 43.1 Å². The number of carbonyl (C=O) groups excluding carboxylic acids is 1. The highest BCUT2D eigenvalue weighted by atomic mass is 16.2. The molecule has 1 aromatic rings. The van der Waals surface area contributed by atoms with E-state index in [1.165, 1.54) is 0 Å². The van der Waals surface area contributed by atoms with Gasteiger partial charge in [-0.15, -0.1) is 0 Å². The molecule has 0 bridgehead atoms. The van der Waals surface area contributed by atoms with E-state index in [4.69, 9.17) is 5.73 Å². The van der Waals surface area contributed by atoms with E-state index < -0.39 is 6.03 Å². The Hall–Kier alpha value is -1.71. The molecule has 0 radical (unpaired) electrons. The van der Waals surface area contributed by atoms with Crippen LogP contribution in [-0.2, 0) is 0 Å². The maximum Gasteiger partial charge on any atom is 0.316 e. The van der Waals surface area contributed by atoms with Gasteiger partial charge < -0.3 is 16.0 Å². The largest absolute Gasteiger partial charge is 0.373 e. The van der Waals surface area contributed by atoms with Crippen molar-refractivity contribution >= 4 is 17.4 Å². The summed E-state index contributed by atoms with van der Waals surface area (Å²) in [6.07, 6.45) is 0. The minimum absolute atomic E-state index is 0.540. The maximum atomic E-state index is 10.7. The van der Waals surface area contributed by atoms with Crippen molar-refractivity contribution in [2.45, 2.75) is 6.92 Å². The summed E-state index contributed by atoms with van der Waals surface area (Å²) in [5.74, 6) is 0. The van der Waals surface area contributed by atoms with E-state index in [-0.39, 0.29) is 0 Å². The molecule has 1 rings (SSSR count). The summed E-state index contributed by atoms with van der Waals surface area (Å²) < 4.78 is 0. The van der Waals surface area contributed by atoms with E-state index >= 15 is 0 Å². The molecule has 0 atom stereocenters. The van der Waals surface area contributed by atoms with Crippen molar-refractivity contribution in [2.24, 2.45) is 5.73 Å². The normalized spacial score (nSPS) is 9.57. The number of urea groups is 1. The third-order valence-corrected chi connectivity index (χ3v) is 2.05. The molecule has 0 aliphatic heterocycles. The lowest BCUT2D eigenvalue weighted by molar-refractivity contribution is 0.259. The summed E-state index contributed by atoms with van der Waals surface area (Å²) in [6.45, 7) is 2.92. The van der Waals surface area contributed by atoms with Crippen LogP contribution in [0, 0.1) is 0 Å². The molecule has 0 heterocycles. The van der Waals surface area contributed by atoms with Gasteiger partial charge in [0.2, 0.25) is 0 Å². The van der Waals surface area contributed by atoms with Crippen LogP contribution in [0.3, 0.4) is 0 Å². The summed E-state index contributed by atoms with van der Waals surface area (Å²) in [5.41, 5.74) is 6.77. The first-order valence-corrected chi connectivity index (χ1v) is 4.51. The smallest absolute Gasteiger partial charge is 0.316 e. The van der Waals surface area contributed by atoms with Crippen LogP contribution >= 0.6 is 0 Å². The third-order valence-electron chi connectivity index (χ3n) is 2.05. The van der Waals surface area contributed by atoms with Gasteiger partial charge in [0.15, 0.2) is 0 Å². The lowest BCUT2D eigenvalue weighted by atomic mass is 10.2. The van der Waals surface area contributed by atoms with Gasteiger partial charge >= 0.3 is 6.03 Å². The van der Waals surface area contributed by atoms with Gasteiger partial charge in [0.05, 0.1) is 11.4 Å². The molecule has 0 saturated carbocycles. The van der Waals surface area contributed by atoms with Crippen molar-refractivity contribution in [2.75, 3.05) is 23.8 Å². The van der Waals surface area contributed by atoms with Crippen molar-refractivity contribution in [1.82, 2.24) is 0 Å². The molecule has 1 aromatic carbocycles. The highest BCUT2D eigenvalue weighted by Crippen LogP contribution is 2.23. The quantitative estimate of drug-likeness (QED) is 0.766. The number of para-hydroxylation sites is 2. The number of nitrogens with zero attached hydrogens (tertiary/aromatic N) is 1. The molecular formula is C10H15N3O. The maximum absolute atomic E-state index is 10.7. The fourth-order valence-electron chi connectivity index (χ4n) is 1.22. The number of anilines is 2. The highest BCUT2D eigenvalue weighted by molar-refractivity contribution is 5.92. The van der Waals surface area contributed by atoms with Gasteiger partial charge in [-0.3, -0.25) is 0 Å². The first kappa shape index (κ1) is 10.4. The van der Waals surface area contributed by atoms with E-state index in [0.717, 1.165) is 17.9 Å². The number of carbonyl (C=O) groups is 1. The Labute approximate surface area is 83.7 Å². The minimum Gasteiger partial charge on any atom is -0.373 e. The van der Waals surface area contributed by atoms with E-state index in [1.54, 1.807) is 0 Å². The van der Waals surface area contributed by atoms with Crippen LogP contribution in [0.4, 0.5) is 16.2 Å². The van der Waals surface area contributed by atoms with Crippen LogP contribution in [0.25, 0.3) is 0 Å². The lowest BCUT2D eigenvalue weighted by Crippen LogP contribution is -2.23. The number of primary amides is 1. The van der Waals surface area contributed by atoms with Crippen LogP contribution in [-0.4, -0.2) is 19.6 Å². The predicted octanol–water partition coefficient (Wildman–Crippen LogP) is 1.63. The number of nitrogens with one attached hydrogen (secondary N) is 1. The SMILES string of the molecule is CCN(C)c1ccccc1NC(N)=O. The van der Waals surface area contributed by atoms with Crippen molar-refractivity contribution < 1.29 is 4.79 Å². The van der Waals surface area contributed by atoms with E-state index in [0.29, 0.717) is 0 Å².